The molecule has 0 fully saturated rings. The number of nitrogens with one attached hydrogen (secondary N) is 1. The van der Waals surface area contributed by atoms with Gasteiger partial charge in [0.05, 0.1) is 25.1 Å². The van der Waals surface area contributed by atoms with Crippen LogP contribution >= 0.6 is 0 Å². The van der Waals surface area contributed by atoms with E-state index in [-0.39, 0.29) is 37.6 Å². The zero-order valence-corrected chi connectivity index (χ0v) is 15.7. The second-order valence-electron chi connectivity index (χ2n) is 6.87. The molecule has 1 heterocycles. The third-order valence-corrected chi connectivity index (χ3v) is 4.65. The molecule has 2 N–H and O–H groups in total. The fourth-order valence-corrected chi connectivity index (χ4v) is 3.35. The Morgan fingerprint density at radius 2 is 1.85 bits per heavy atom. The topological polar surface area (TPSA) is 73.4 Å². The molecule has 1 amide bonds. The SMILES string of the molecule is Cc1cc(C)c2[nH]c(=O)c(CN(CCO)C(=O)Cc3ccccc3)cc2c1. The minimum Gasteiger partial charge on any atom is -0.395 e. The third kappa shape index (κ3) is 4.44. The van der Waals surface area contributed by atoms with Crippen LogP contribution in [0.3, 0.4) is 0 Å². The lowest BCUT2D eigenvalue weighted by Crippen LogP contribution is -2.36. The molecule has 0 aliphatic rings. The molecule has 0 unspecified atom stereocenters. The van der Waals surface area contributed by atoms with Crippen LogP contribution in [0.4, 0.5) is 0 Å². The molecule has 0 bridgehead atoms. The van der Waals surface area contributed by atoms with Crippen molar-refractivity contribution in [3.05, 3.63) is 81.1 Å². The predicted octanol–water partition coefficient (Wildman–Crippen LogP) is 2.71. The summed E-state index contributed by atoms with van der Waals surface area (Å²) >= 11 is 0. The van der Waals surface area contributed by atoms with Crippen molar-refractivity contribution in [3.63, 3.8) is 0 Å². The summed E-state index contributed by atoms with van der Waals surface area (Å²) in [5, 5.41) is 10.3. The van der Waals surface area contributed by atoms with Crippen LogP contribution < -0.4 is 5.56 Å². The van der Waals surface area contributed by atoms with Gasteiger partial charge in [-0.15, -0.1) is 0 Å². The van der Waals surface area contributed by atoms with Gasteiger partial charge in [0.1, 0.15) is 0 Å². The van der Waals surface area contributed by atoms with Crippen molar-refractivity contribution in [2.75, 3.05) is 13.2 Å². The van der Waals surface area contributed by atoms with Gasteiger partial charge in [-0.25, -0.2) is 0 Å². The van der Waals surface area contributed by atoms with E-state index in [9.17, 15) is 14.7 Å². The first-order valence-electron chi connectivity index (χ1n) is 9.03. The molecule has 0 radical (unpaired) electrons. The number of carbonyl (C=O) groups is 1. The summed E-state index contributed by atoms with van der Waals surface area (Å²) in [6, 6.07) is 15.3. The van der Waals surface area contributed by atoms with E-state index >= 15 is 0 Å². The molecule has 0 saturated heterocycles. The highest BCUT2D eigenvalue weighted by Crippen LogP contribution is 2.18. The van der Waals surface area contributed by atoms with Crippen molar-refractivity contribution < 1.29 is 9.90 Å². The minimum absolute atomic E-state index is 0.116. The number of benzene rings is 2. The number of amides is 1. The minimum atomic E-state index is -0.204. The van der Waals surface area contributed by atoms with Gasteiger partial charge in [0.15, 0.2) is 0 Å². The van der Waals surface area contributed by atoms with Gasteiger partial charge < -0.3 is 15.0 Å². The monoisotopic (exact) mass is 364 g/mol. The number of carbonyl (C=O) groups excluding carboxylic acids is 1. The van der Waals surface area contributed by atoms with Gasteiger partial charge >= 0.3 is 0 Å². The second kappa shape index (κ2) is 8.18. The Bertz CT molecular complexity index is 1010. The molecular formula is C22H24N2O3. The van der Waals surface area contributed by atoms with Gasteiger partial charge in [0.25, 0.3) is 5.56 Å². The summed E-state index contributed by atoms with van der Waals surface area (Å²) in [6.07, 6.45) is 0.241. The molecular weight excluding hydrogens is 340 g/mol. The lowest BCUT2D eigenvalue weighted by molar-refractivity contribution is -0.131. The lowest BCUT2D eigenvalue weighted by atomic mass is 10.0. The highest BCUT2D eigenvalue weighted by atomic mass is 16.3. The first kappa shape index (κ1) is 18.9. The Kier molecular flexibility index (Phi) is 5.72. The standard InChI is InChI=1S/C22H24N2O3/c1-15-10-16(2)21-18(11-15)13-19(22(27)23-21)14-24(8-9-25)20(26)12-17-6-4-3-5-7-17/h3-7,10-11,13,25H,8-9,12,14H2,1-2H3,(H,23,27). The Labute approximate surface area is 158 Å². The molecule has 3 rings (SSSR count). The van der Waals surface area contributed by atoms with Gasteiger partial charge in [-0.1, -0.05) is 42.0 Å². The number of nitrogens with zero attached hydrogens (tertiary/aromatic N) is 1. The van der Waals surface area contributed by atoms with Gasteiger partial charge in [0.2, 0.25) is 5.91 Å². The number of rotatable bonds is 6. The van der Waals surface area contributed by atoms with E-state index in [1.165, 1.54) is 4.90 Å². The summed E-state index contributed by atoms with van der Waals surface area (Å²) in [7, 11) is 0. The fraction of sp³-hybridized carbons (Fsp3) is 0.273. The molecule has 5 nitrogen and oxygen atoms in total. The number of aromatic amines is 1. The molecule has 0 saturated carbocycles. The smallest absolute Gasteiger partial charge is 0.253 e. The number of hydrogen-bond acceptors (Lipinski definition) is 3. The highest BCUT2D eigenvalue weighted by molar-refractivity contribution is 5.83. The summed E-state index contributed by atoms with van der Waals surface area (Å²) in [6.45, 7) is 4.19. The van der Waals surface area contributed by atoms with Crippen LogP contribution in [-0.4, -0.2) is 34.0 Å². The zero-order valence-electron chi connectivity index (χ0n) is 15.7. The normalized spacial score (nSPS) is 10.9. The van der Waals surface area contributed by atoms with E-state index in [2.05, 4.69) is 4.98 Å². The summed E-state index contributed by atoms with van der Waals surface area (Å²) < 4.78 is 0. The number of H-pyrrole nitrogens is 1. The maximum absolute atomic E-state index is 12.7. The van der Waals surface area contributed by atoms with Crippen LogP contribution in [0.5, 0.6) is 0 Å². The van der Waals surface area contributed by atoms with Crippen LogP contribution in [0.25, 0.3) is 10.9 Å². The predicted molar refractivity (Wildman–Crippen MR) is 107 cm³/mol. The maximum atomic E-state index is 12.7. The van der Waals surface area contributed by atoms with Crippen LogP contribution in [0.15, 0.2) is 53.3 Å². The van der Waals surface area contributed by atoms with Crippen LogP contribution in [-0.2, 0) is 17.8 Å². The van der Waals surface area contributed by atoms with Crippen LogP contribution in [0, 0.1) is 13.8 Å². The fourth-order valence-electron chi connectivity index (χ4n) is 3.35. The first-order chi connectivity index (χ1) is 13.0. The van der Waals surface area contributed by atoms with Crippen LogP contribution in [0.2, 0.25) is 0 Å². The van der Waals surface area contributed by atoms with E-state index in [4.69, 9.17) is 0 Å². The van der Waals surface area contributed by atoms with E-state index < -0.39 is 0 Å². The van der Waals surface area contributed by atoms with Crippen molar-refractivity contribution in [2.24, 2.45) is 0 Å². The maximum Gasteiger partial charge on any atom is 0.253 e. The van der Waals surface area contributed by atoms with E-state index in [1.807, 2.05) is 62.4 Å². The number of aromatic nitrogens is 1. The van der Waals surface area contributed by atoms with Gasteiger partial charge in [0, 0.05) is 12.1 Å². The van der Waals surface area contributed by atoms with Crippen molar-refractivity contribution in [3.8, 4) is 0 Å². The first-order valence-corrected chi connectivity index (χ1v) is 9.03. The van der Waals surface area contributed by atoms with Crippen molar-refractivity contribution in [1.82, 2.24) is 9.88 Å². The molecule has 2 aromatic carbocycles. The van der Waals surface area contributed by atoms with Gasteiger partial charge in [-0.05, 0) is 42.5 Å². The second-order valence-corrected chi connectivity index (χ2v) is 6.87. The Hall–Kier alpha value is -2.92. The zero-order chi connectivity index (χ0) is 19.4. The third-order valence-electron chi connectivity index (χ3n) is 4.65. The molecule has 5 heteroatoms. The molecule has 1 aromatic heterocycles. The number of fused-ring (bicyclic) bond motifs is 1. The molecule has 0 atom stereocenters. The van der Waals surface area contributed by atoms with Crippen molar-refractivity contribution >= 4 is 16.8 Å². The van der Waals surface area contributed by atoms with Crippen molar-refractivity contribution in [1.29, 1.82) is 0 Å². The molecule has 0 aliphatic heterocycles. The largest absolute Gasteiger partial charge is 0.395 e. The molecule has 3 aromatic rings. The Balaban J connectivity index is 1.88. The number of aliphatic hydroxyl groups is 1. The van der Waals surface area contributed by atoms with Gasteiger partial charge in [-0.3, -0.25) is 9.59 Å². The van der Waals surface area contributed by atoms with Crippen LogP contribution in [0.1, 0.15) is 22.3 Å². The summed E-state index contributed by atoms with van der Waals surface area (Å²) in [4.78, 5) is 29.7. The van der Waals surface area contributed by atoms with Crippen molar-refractivity contribution in [2.45, 2.75) is 26.8 Å². The van der Waals surface area contributed by atoms with Gasteiger partial charge in [-0.2, -0.15) is 0 Å². The average Bonchev–Trinajstić information content (AvgIpc) is 2.63. The molecule has 27 heavy (non-hydrogen) atoms. The number of hydrogen-bond donors (Lipinski definition) is 2. The lowest BCUT2D eigenvalue weighted by Gasteiger charge is -2.22. The number of aryl methyl sites for hydroxylation is 2. The summed E-state index contributed by atoms with van der Waals surface area (Å²) in [5.74, 6) is -0.116. The average molecular weight is 364 g/mol. The molecule has 140 valence electrons. The summed E-state index contributed by atoms with van der Waals surface area (Å²) in [5.41, 5.74) is 4.17. The van der Waals surface area contributed by atoms with E-state index in [1.54, 1.807) is 0 Å². The molecule has 0 aliphatic carbocycles. The van der Waals surface area contributed by atoms with E-state index in [0.717, 1.165) is 27.6 Å². The number of aliphatic hydroxyl groups excluding tert-OH is 1. The quantitative estimate of drug-likeness (QED) is 0.706. The number of pyridine rings is 1. The highest BCUT2D eigenvalue weighted by Gasteiger charge is 2.16. The molecule has 0 spiro atoms. The Morgan fingerprint density at radius 3 is 2.56 bits per heavy atom. The Morgan fingerprint density at radius 1 is 1.11 bits per heavy atom. The van der Waals surface area contributed by atoms with E-state index in [0.29, 0.717) is 5.56 Å².